The fraction of sp³-hybridized carbons (Fsp3) is 0.375. The summed E-state index contributed by atoms with van der Waals surface area (Å²) in [5.41, 5.74) is 2.31. The molecular formula is C32H39N5O8. The standard InChI is InChI=1S/C32H39N5O8/c1-23(2)27(35-32(39)42-16-25-12-8-5-9-13-25)19-45-44-18-26(17-41-15-24-10-6-4-7-11-24)43-22-37-20-33-30-28(37)14-29(34-21-40-3)36-31(30)38/h4-14,20-21,23,26-27H,15-19,22H2,1-3H3,(H,35,39)(H,36,38). The highest BCUT2D eigenvalue weighted by molar-refractivity contribution is 5.77. The van der Waals surface area contributed by atoms with Crippen molar-refractivity contribution >= 4 is 29.3 Å². The molecule has 0 radical (unpaired) electrons. The van der Waals surface area contributed by atoms with E-state index in [0.29, 0.717) is 17.9 Å². The van der Waals surface area contributed by atoms with Crippen LogP contribution in [0.5, 0.6) is 0 Å². The van der Waals surface area contributed by atoms with E-state index in [1.54, 1.807) is 10.6 Å². The van der Waals surface area contributed by atoms with Crippen LogP contribution < -0.4 is 10.9 Å². The number of nitrogens with one attached hydrogen (secondary N) is 2. The molecule has 0 saturated carbocycles. The molecule has 0 bridgehead atoms. The van der Waals surface area contributed by atoms with Gasteiger partial charge >= 0.3 is 6.09 Å². The predicted molar refractivity (Wildman–Crippen MR) is 167 cm³/mol. The molecule has 0 spiro atoms. The van der Waals surface area contributed by atoms with Crippen molar-refractivity contribution in [1.82, 2.24) is 19.9 Å². The third-order valence-electron chi connectivity index (χ3n) is 6.68. The number of ether oxygens (including phenoxy) is 4. The van der Waals surface area contributed by atoms with Gasteiger partial charge in [-0.25, -0.2) is 24.5 Å². The number of rotatable bonds is 18. The summed E-state index contributed by atoms with van der Waals surface area (Å²) < 4.78 is 23.9. The zero-order valence-electron chi connectivity index (χ0n) is 25.6. The molecular weight excluding hydrogens is 582 g/mol. The molecule has 4 rings (SSSR count). The van der Waals surface area contributed by atoms with E-state index in [-0.39, 0.29) is 56.2 Å². The van der Waals surface area contributed by atoms with E-state index in [1.165, 1.54) is 19.8 Å². The van der Waals surface area contributed by atoms with E-state index < -0.39 is 12.2 Å². The lowest BCUT2D eigenvalue weighted by molar-refractivity contribution is -0.314. The van der Waals surface area contributed by atoms with Gasteiger partial charge in [-0.15, -0.1) is 0 Å². The van der Waals surface area contributed by atoms with Gasteiger partial charge in [0, 0.05) is 6.07 Å². The number of aliphatic imine (C=N–C) groups is 1. The molecule has 2 aromatic carbocycles. The minimum absolute atomic E-state index is 0.0364. The van der Waals surface area contributed by atoms with Gasteiger partial charge in [0.1, 0.15) is 38.5 Å². The first-order valence-electron chi connectivity index (χ1n) is 14.5. The maximum absolute atomic E-state index is 12.5. The van der Waals surface area contributed by atoms with Crippen molar-refractivity contribution in [3.05, 3.63) is 94.5 Å². The van der Waals surface area contributed by atoms with E-state index in [9.17, 15) is 9.59 Å². The first kappa shape index (κ1) is 33.3. The van der Waals surface area contributed by atoms with Crippen molar-refractivity contribution in [3.63, 3.8) is 0 Å². The van der Waals surface area contributed by atoms with E-state index in [1.807, 2.05) is 74.5 Å². The van der Waals surface area contributed by atoms with Gasteiger partial charge < -0.3 is 33.8 Å². The van der Waals surface area contributed by atoms with Gasteiger partial charge in [0.05, 0.1) is 38.2 Å². The monoisotopic (exact) mass is 621 g/mol. The van der Waals surface area contributed by atoms with Gasteiger partial charge in [0.15, 0.2) is 11.9 Å². The zero-order valence-corrected chi connectivity index (χ0v) is 25.6. The number of hydrogen-bond donors (Lipinski definition) is 2. The van der Waals surface area contributed by atoms with Gasteiger partial charge in [0.25, 0.3) is 5.56 Å². The lowest BCUT2D eigenvalue weighted by Crippen LogP contribution is -2.42. The first-order chi connectivity index (χ1) is 21.9. The van der Waals surface area contributed by atoms with Crippen LogP contribution in [0.15, 0.2) is 82.8 Å². The van der Waals surface area contributed by atoms with Crippen LogP contribution in [-0.2, 0) is 48.7 Å². The summed E-state index contributed by atoms with van der Waals surface area (Å²) in [5.74, 6) is 0.364. The highest BCUT2D eigenvalue weighted by Gasteiger charge is 2.19. The predicted octanol–water partition coefficient (Wildman–Crippen LogP) is 4.49. The molecule has 45 heavy (non-hydrogen) atoms. The zero-order chi connectivity index (χ0) is 31.9. The summed E-state index contributed by atoms with van der Waals surface area (Å²) in [6, 6.07) is 20.5. The fourth-order valence-corrected chi connectivity index (χ4v) is 4.12. The summed E-state index contributed by atoms with van der Waals surface area (Å²) in [5, 5.41) is 2.83. The maximum atomic E-state index is 12.5. The molecule has 1 amide bonds. The molecule has 2 unspecified atom stereocenters. The molecule has 0 fully saturated rings. The Labute approximate surface area is 261 Å². The van der Waals surface area contributed by atoms with Crippen LogP contribution in [0.25, 0.3) is 11.0 Å². The number of methoxy groups -OCH3 is 1. The van der Waals surface area contributed by atoms with E-state index in [0.717, 1.165) is 11.1 Å². The fourth-order valence-electron chi connectivity index (χ4n) is 4.12. The highest BCUT2D eigenvalue weighted by Crippen LogP contribution is 2.15. The van der Waals surface area contributed by atoms with Crippen molar-refractivity contribution in [3.8, 4) is 0 Å². The van der Waals surface area contributed by atoms with Gasteiger partial charge in [-0.05, 0) is 17.0 Å². The number of carbonyl (C=O) groups excluding carboxylic acids is 1. The van der Waals surface area contributed by atoms with Crippen molar-refractivity contribution in [2.24, 2.45) is 10.9 Å². The lowest BCUT2D eigenvalue weighted by Gasteiger charge is -2.22. The Morgan fingerprint density at radius 3 is 2.38 bits per heavy atom. The molecule has 4 aromatic rings. The van der Waals surface area contributed by atoms with Crippen LogP contribution in [0.2, 0.25) is 0 Å². The van der Waals surface area contributed by atoms with Crippen molar-refractivity contribution in [1.29, 1.82) is 0 Å². The van der Waals surface area contributed by atoms with E-state index in [2.05, 4.69) is 20.3 Å². The minimum atomic E-state index is -0.542. The molecule has 0 saturated heterocycles. The molecule has 0 aliphatic rings. The normalized spacial score (nSPS) is 12.9. The topological polar surface area (TPSA) is 148 Å². The Morgan fingerprint density at radius 2 is 1.69 bits per heavy atom. The lowest BCUT2D eigenvalue weighted by atomic mass is 10.1. The Morgan fingerprint density at radius 1 is 1.00 bits per heavy atom. The molecule has 13 heteroatoms. The molecule has 13 nitrogen and oxygen atoms in total. The number of alkyl carbamates (subject to hydrolysis) is 1. The summed E-state index contributed by atoms with van der Waals surface area (Å²) >= 11 is 0. The smallest absolute Gasteiger partial charge is 0.407 e. The van der Waals surface area contributed by atoms with E-state index in [4.69, 9.17) is 28.7 Å². The molecule has 0 aliphatic heterocycles. The average Bonchev–Trinajstić information content (AvgIpc) is 3.47. The van der Waals surface area contributed by atoms with Crippen molar-refractivity contribution in [2.45, 2.75) is 45.9 Å². The second-order valence-corrected chi connectivity index (χ2v) is 10.4. The highest BCUT2D eigenvalue weighted by atomic mass is 17.2. The second kappa shape index (κ2) is 17.7. The average molecular weight is 622 g/mol. The Bertz CT molecular complexity index is 1540. The van der Waals surface area contributed by atoms with E-state index >= 15 is 0 Å². The summed E-state index contributed by atoms with van der Waals surface area (Å²) in [4.78, 5) is 46.8. The molecule has 2 aromatic heterocycles. The first-order valence-corrected chi connectivity index (χ1v) is 14.5. The third-order valence-corrected chi connectivity index (χ3v) is 6.68. The van der Waals surface area contributed by atoms with Gasteiger partial charge in [-0.3, -0.25) is 4.79 Å². The number of imidazole rings is 1. The number of fused-ring (bicyclic) bond motifs is 1. The number of hydrogen-bond acceptors (Lipinski definition) is 10. The number of H-pyrrole nitrogens is 1. The number of aromatic nitrogens is 3. The summed E-state index contributed by atoms with van der Waals surface area (Å²) in [7, 11) is 1.46. The van der Waals surface area contributed by atoms with Crippen LogP contribution in [0, 0.1) is 5.92 Å². The van der Waals surface area contributed by atoms with Crippen LogP contribution in [0.3, 0.4) is 0 Å². The SMILES string of the molecule is COC=Nc1cc2c(ncn2COC(COCc2ccccc2)COOCC(NC(=O)OCc2ccccc2)C(C)C)c(=O)[nH]1. The number of pyridine rings is 1. The van der Waals surface area contributed by atoms with Crippen LogP contribution in [0.1, 0.15) is 25.0 Å². The summed E-state index contributed by atoms with van der Waals surface area (Å²) in [6.45, 7) is 4.86. The maximum Gasteiger partial charge on any atom is 0.407 e. The molecule has 2 atom stereocenters. The number of aromatic amines is 1. The van der Waals surface area contributed by atoms with Gasteiger partial charge in [0.2, 0.25) is 0 Å². The molecule has 240 valence electrons. The van der Waals surface area contributed by atoms with Crippen LogP contribution in [-0.4, -0.2) is 66.1 Å². The minimum Gasteiger partial charge on any atom is -0.486 e. The molecule has 2 N–H and O–H groups in total. The van der Waals surface area contributed by atoms with Gasteiger partial charge in [-0.1, -0.05) is 74.5 Å². The summed E-state index contributed by atoms with van der Waals surface area (Å²) in [6.07, 6.45) is 1.65. The van der Waals surface area contributed by atoms with Crippen LogP contribution in [0.4, 0.5) is 10.6 Å². The number of nitrogens with zero attached hydrogens (tertiary/aromatic N) is 3. The molecule has 2 heterocycles. The Balaban J connectivity index is 1.32. The number of amides is 1. The van der Waals surface area contributed by atoms with Crippen molar-refractivity contribution < 1.29 is 33.5 Å². The number of carbonyl (C=O) groups is 1. The second-order valence-electron chi connectivity index (χ2n) is 10.4. The van der Waals surface area contributed by atoms with Crippen molar-refractivity contribution in [2.75, 3.05) is 26.9 Å². The molecule has 0 aliphatic carbocycles. The van der Waals surface area contributed by atoms with Crippen LogP contribution >= 0.6 is 0 Å². The Hall–Kier alpha value is -4.56. The Kier molecular flexibility index (Phi) is 13.1. The van der Waals surface area contributed by atoms with Gasteiger partial charge in [-0.2, -0.15) is 0 Å². The number of benzene rings is 2. The quantitative estimate of drug-likeness (QED) is 0.0539. The third kappa shape index (κ3) is 10.8. The largest absolute Gasteiger partial charge is 0.486 e.